The Hall–Kier alpha value is -3.36. The molecule has 3 aromatic carbocycles. The summed E-state index contributed by atoms with van der Waals surface area (Å²) >= 11 is 6.10. The Morgan fingerprint density at radius 2 is 1.62 bits per heavy atom. The maximum absolute atomic E-state index is 13.1. The molecule has 1 amide bonds. The van der Waals surface area contributed by atoms with E-state index in [2.05, 4.69) is 10.0 Å². The van der Waals surface area contributed by atoms with E-state index in [1.165, 1.54) is 48.9 Å². The van der Waals surface area contributed by atoms with Crippen molar-refractivity contribution in [2.45, 2.75) is 56.1 Å². The van der Waals surface area contributed by atoms with Crippen molar-refractivity contribution in [3.63, 3.8) is 0 Å². The zero-order chi connectivity index (χ0) is 26.4. The lowest BCUT2D eigenvalue weighted by molar-refractivity contribution is -0.128. The molecule has 0 radical (unpaired) electrons. The average Bonchev–Trinajstić information content (AvgIpc) is 2.90. The van der Waals surface area contributed by atoms with E-state index >= 15 is 0 Å². The molecular weight excluding hydrogens is 512 g/mol. The lowest BCUT2D eigenvalue weighted by Crippen LogP contribution is -2.43. The minimum atomic E-state index is -4.03. The van der Waals surface area contributed by atoms with Crippen molar-refractivity contribution in [1.82, 2.24) is 5.32 Å². The van der Waals surface area contributed by atoms with Gasteiger partial charge in [-0.25, -0.2) is 8.42 Å². The molecule has 4 rings (SSSR count). The van der Waals surface area contributed by atoms with Crippen LogP contribution in [0.5, 0.6) is 5.75 Å². The van der Waals surface area contributed by atoms with Crippen LogP contribution in [0.3, 0.4) is 0 Å². The molecule has 1 fully saturated rings. The van der Waals surface area contributed by atoms with Crippen LogP contribution in [-0.4, -0.2) is 32.3 Å². The van der Waals surface area contributed by atoms with E-state index in [1.807, 2.05) is 0 Å². The SMILES string of the molecule is C[C@H](Oc1ccc(S(=O)(=O)Nc2ccc(Cl)cc2C(=O)c2ccccc2)cc1)C(=O)NC1CCCCC1. The molecule has 0 aromatic heterocycles. The Labute approximate surface area is 222 Å². The molecule has 0 saturated heterocycles. The van der Waals surface area contributed by atoms with Gasteiger partial charge in [0.05, 0.1) is 10.6 Å². The quantitative estimate of drug-likeness (QED) is 0.345. The van der Waals surface area contributed by atoms with Crippen molar-refractivity contribution >= 4 is 39.0 Å². The number of ether oxygens (including phenoxy) is 1. The summed E-state index contributed by atoms with van der Waals surface area (Å²) in [5.41, 5.74) is 0.667. The number of rotatable bonds is 9. The van der Waals surface area contributed by atoms with Crippen LogP contribution in [0.25, 0.3) is 0 Å². The zero-order valence-electron chi connectivity index (χ0n) is 20.4. The molecule has 0 heterocycles. The van der Waals surface area contributed by atoms with E-state index in [4.69, 9.17) is 16.3 Å². The second kappa shape index (κ2) is 11.8. The Kier molecular flexibility index (Phi) is 8.51. The van der Waals surface area contributed by atoms with Gasteiger partial charge in [-0.3, -0.25) is 14.3 Å². The van der Waals surface area contributed by atoms with E-state index in [1.54, 1.807) is 37.3 Å². The highest BCUT2D eigenvalue weighted by atomic mass is 35.5. The van der Waals surface area contributed by atoms with E-state index in [0.29, 0.717) is 16.3 Å². The van der Waals surface area contributed by atoms with Crippen LogP contribution < -0.4 is 14.8 Å². The molecular formula is C28H29ClN2O5S. The van der Waals surface area contributed by atoms with Crippen LogP contribution >= 0.6 is 11.6 Å². The van der Waals surface area contributed by atoms with Gasteiger partial charge in [-0.1, -0.05) is 61.2 Å². The summed E-state index contributed by atoms with van der Waals surface area (Å²) in [6.07, 6.45) is 4.66. The summed E-state index contributed by atoms with van der Waals surface area (Å²) in [6.45, 7) is 1.66. The van der Waals surface area contributed by atoms with E-state index in [9.17, 15) is 18.0 Å². The zero-order valence-corrected chi connectivity index (χ0v) is 22.0. The smallest absolute Gasteiger partial charge is 0.261 e. The van der Waals surface area contributed by atoms with Crippen molar-refractivity contribution in [3.05, 3.63) is 88.9 Å². The summed E-state index contributed by atoms with van der Waals surface area (Å²) < 4.78 is 34.4. The predicted octanol–water partition coefficient (Wildman–Crippen LogP) is 5.59. The summed E-state index contributed by atoms with van der Waals surface area (Å²) in [6, 6.07) is 18.9. The summed E-state index contributed by atoms with van der Waals surface area (Å²) in [5, 5.41) is 3.34. The number of nitrogens with one attached hydrogen (secondary N) is 2. The normalized spacial score (nSPS) is 15.0. The molecule has 0 spiro atoms. The maximum atomic E-state index is 13.1. The number of anilines is 1. The third kappa shape index (κ3) is 6.90. The molecule has 0 bridgehead atoms. The summed E-state index contributed by atoms with van der Waals surface area (Å²) in [4.78, 5) is 25.5. The molecule has 3 aromatic rings. The number of carbonyl (C=O) groups excluding carboxylic acids is 2. The average molecular weight is 541 g/mol. The van der Waals surface area contributed by atoms with E-state index < -0.39 is 16.1 Å². The molecule has 1 aliphatic carbocycles. The largest absolute Gasteiger partial charge is 0.481 e. The van der Waals surface area contributed by atoms with Gasteiger partial charge in [-0.05, 0) is 62.2 Å². The van der Waals surface area contributed by atoms with Crippen molar-refractivity contribution in [1.29, 1.82) is 0 Å². The van der Waals surface area contributed by atoms with Gasteiger partial charge in [0.25, 0.3) is 15.9 Å². The minimum Gasteiger partial charge on any atom is -0.481 e. The molecule has 1 aliphatic rings. The van der Waals surface area contributed by atoms with Crippen LogP contribution in [-0.2, 0) is 14.8 Å². The number of amides is 1. The molecule has 1 atom stereocenters. The lowest BCUT2D eigenvalue weighted by Gasteiger charge is -2.24. The number of hydrogen-bond acceptors (Lipinski definition) is 5. The Balaban J connectivity index is 1.45. The fourth-order valence-electron chi connectivity index (χ4n) is 4.26. The van der Waals surface area contributed by atoms with Crippen molar-refractivity contribution in [3.8, 4) is 5.75 Å². The highest BCUT2D eigenvalue weighted by Gasteiger charge is 2.22. The molecule has 0 aliphatic heterocycles. The fourth-order valence-corrected chi connectivity index (χ4v) is 5.51. The van der Waals surface area contributed by atoms with E-state index in [-0.39, 0.29) is 33.9 Å². The van der Waals surface area contributed by atoms with Gasteiger partial charge in [0, 0.05) is 22.2 Å². The maximum Gasteiger partial charge on any atom is 0.261 e. The predicted molar refractivity (Wildman–Crippen MR) is 144 cm³/mol. The first-order valence-electron chi connectivity index (χ1n) is 12.2. The topological polar surface area (TPSA) is 102 Å². The van der Waals surface area contributed by atoms with Gasteiger partial charge in [-0.2, -0.15) is 0 Å². The molecule has 1 saturated carbocycles. The standard InChI is InChI=1S/C28H29ClN2O5S/c1-19(28(33)30-22-10-6-3-7-11-22)36-23-13-15-24(16-14-23)37(34,35)31-26-17-12-21(29)18-25(26)27(32)20-8-4-2-5-9-20/h2,4-5,8-9,12-19,22,31H,3,6-7,10-11H2,1H3,(H,30,33)/t19-/m0/s1. The second-order valence-electron chi connectivity index (χ2n) is 9.07. The van der Waals surface area contributed by atoms with Crippen LogP contribution in [0.2, 0.25) is 5.02 Å². The van der Waals surface area contributed by atoms with Gasteiger partial charge >= 0.3 is 0 Å². The van der Waals surface area contributed by atoms with Gasteiger partial charge in [0.15, 0.2) is 11.9 Å². The Morgan fingerprint density at radius 1 is 0.946 bits per heavy atom. The van der Waals surface area contributed by atoms with Crippen LogP contribution in [0.1, 0.15) is 54.9 Å². The monoisotopic (exact) mass is 540 g/mol. The number of benzene rings is 3. The highest BCUT2D eigenvalue weighted by Crippen LogP contribution is 2.27. The Morgan fingerprint density at radius 3 is 2.30 bits per heavy atom. The highest BCUT2D eigenvalue weighted by molar-refractivity contribution is 7.92. The lowest BCUT2D eigenvalue weighted by atomic mass is 9.95. The summed E-state index contributed by atoms with van der Waals surface area (Å²) in [7, 11) is -4.03. The van der Waals surface area contributed by atoms with Gasteiger partial charge in [0.2, 0.25) is 0 Å². The number of sulfonamides is 1. The number of hydrogen-bond donors (Lipinski definition) is 2. The number of ketones is 1. The molecule has 7 nitrogen and oxygen atoms in total. The van der Waals surface area contributed by atoms with Crippen molar-refractivity contribution < 1.29 is 22.7 Å². The van der Waals surface area contributed by atoms with Crippen molar-refractivity contribution in [2.24, 2.45) is 0 Å². The van der Waals surface area contributed by atoms with Crippen LogP contribution in [0.4, 0.5) is 5.69 Å². The van der Waals surface area contributed by atoms with Gasteiger partial charge in [0.1, 0.15) is 5.75 Å². The molecule has 2 N–H and O–H groups in total. The first-order chi connectivity index (χ1) is 17.7. The van der Waals surface area contributed by atoms with Crippen LogP contribution in [0.15, 0.2) is 77.7 Å². The Bertz CT molecular complexity index is 1360. The minimum absolute atomic E-state index is 0.0211. The van der Waals surface area contributed by atoms with Crippen LogP contribution in [0, 0.1) is 0 Å². The van der Waals surface area contributed by atoms with E-state index in [0.717, 1.165) is 25.7 Å². The van der Waals surface area contributed by atoms with Gasteiger partial charge < -0.3 is 10.1 Å². The first-order valence-corrected chi connectivity index (χ1v) is 14.1. The first kappa shape index (κ1) is 26.7. The summed E-state index contributed by atoms with van der Waals surface area (Å²) in [5.74, 6) is -0.176. The number of carbonyl (C=O) groups is 2. The molecule has 194 valence electrons. The number of halogens is 1. The molecule has 37 heavy (non-hydrogen) atoms. The van der Waals surface area contributed by atoms with Gasteiger partial charge in [-0.15, -0.1) is 0 Å². The third-order valence-electron chi connectivity index (χ3n) is 6.27. The molecule has 0 unspecified atom stereocenters. The van der Waals surface area contributed by atoms with Crippen molar-refractivity contribution in [2.75, 3.05) is 4.72 Å². The second-order valence-corrected chi connectivity index (χ2v) is 11.2. The third-order valence-corrected chi connectivity index (χ3v) is 7.89. The molecule has 9 heteroatoms. The fraction of sp³-hybridized carbons (Fsp3) is 0.286.